The summed E-state index contributed by atoms with van der Waals surface area (Å²) in [6.07, 6.45) is 4.63. The molecule has 1 aliphatic carbocycles. The monoisotopic (exact) mass is 435 g/mol. The lowest BCUT2D eigenvalue weighted by atomic mass is 10.0. The zero-order chi connectivity index (χ0) is 21.6. The minimum Gasteiger partial charge on any atom is -0.492 e. The van der Waals surface area contributed by atoms with Crippen molar-refractivity contribution >= 4 is 34.2 Å². The number of fused-ring (bicyclic) bond motifs is 1. The summed E-state index contributed by atoms with van der Waals surface area (Å²) in [5.41, 5.74) is 6.20. The molecule has 0 bridgehead atoms. The number of carboxylic acids is 1. The molecule has 30 heavy (non-hydrogen) atoms. The number of benzene rings is 1. The zero-order valence-corrected chi connectivity index (χ0v) is 17.3. The van der Waals surface area contributed by atoms with Crippen LogP contribution in [0.5, 0.6) is 5.75 Å². The molecule has 0 amide bonds. The molecule has 4 rings (SSSR count). The van der Waals surface area contributed by atoms with E-state index in [0.717, 1.165) is 37.3 Å². The van der Waals surface area contributed by atoms with E-state index in [1.165, 1.54) is 13.3 Å². The maximum absolute atomic E-state index is 15.3. The standard InChI is InChI=1S/C21H23ClFN3O4/c1-30-20-17-13(19(27)14(21(28)29)10-26(17)12-4-5-12)7-16(23)18(20)25-6-2-3-11(9-25)15(22)8-24/h7,10,12H,2-6,8-9,24H2,1H3,(H,28,29)/b15-11+. The van der Waals surface area contributed by atoms with Gasteiger partial charge in [-0.15, -0.1) is 0 Å². The Kier molecular flexibility index (Phi) is 5.46. The number of hydrogen-bond acceptors (Lipinski definition) is 5. The summed E-state index contributed by atoms with van der Waals surface area (Å²) in [7, 11) is 1.43. The summed E-state index contributed by atoms with van der Waals surface area (Å²) >= 11 is 6.25. The van der Waals surface area contributed by atoms with Crippen LogP contribution in [0.4, 0.5) is 10.1 Å². The number of carbonyl (C=O) groups is 1. The van der Waals surface area contributed by atoms with Crippen molar-refractivity contribution in [2.24, 2.45) is 5.73 Å². The molecule has 160 valence electrons. The minimum absolute atomic E-state index is 0.00710. The lowest BCUT2D eigenvalue weighted by molar-refractivity contribution is 0.0695. The van der Waals surface area contributed by atoms with E-state index in [1.54, 1.807) is 4.57 Å². The Morgan fingerprint density at radius 1 is 1.43 bits per heavy atom. The van der Waals surface area contributed by atoms with Gasteiger partial charge in [-0.25, -0.2) is 9.18 Å². The molecule has 0 unspecified atom stereocenters. The fourth-order valence-corrected chi connectivity index (χ4v) is 4.31. The van der Waals surface area contributed by atoms with Crippen LogP contribution in [-0.4, -0.2) is 42.4 Å². The van der Waals surface area contributed by atoms with Gasteiger partial charge < -0.3 is 25.0 Å². The number of nitrogens with zero attached hydrogens (tertiary/aromatic N) is 2. The van der Waals surface area contributed by atoms with Crippen molar-refractivity contribution in [1.82, 2.24) is 4.57 Å². The lowest BCUT2D eigenvalue weighted by Gasteiger charge is -2.33. The number of piperidine rings is 1. The van der Waals surface area contributed by atoms with E-state index < -0.39 is 17.2 Å². The molecule has 1 saturated carbocycles. The van der Waals surface area contributed by atoms with Gasteiger partial charge in [0.2, 0.25) is 5.43 Å². The zero-order valence-electron chi connectivity index (χ0n) is 16.6. The predicted molar refractivity (Wildman–Crippen MR) is 113 cm³/mol. The number of aromatic nitrogens is 1. The SMILES string of the molecule is COc1c(N2CCC/C(=C(\Cl)CN)C2)c(F)cc2c(=O)c(C(=O)O)cn(C3CC3)c12. The maximum atomic E-state index is 15.3. The first-order valence-corrected chi connectivity index (χ1v) is 10.2. The number of anilines is 1. The second kappa shape index (κ2) is 7.92. The number of hydrogen-bond donors (Lipinski definition) is 2. The van der Waals surface area contributed by atoms with Gasteiger partial charge in [-0.2, -0.15) is 0 Å². The van der Waals surface area contributed by atoms with Crippen molar-refractivity contribution in [3.63, 3.8) is 0 Å². The second-order valence-electron chi connectivity index (χ2n) is 7.69. The van der Waals surface area contributed by atoms with Crippen LogP contribution in [-0.2, 0) is 0 Å². The number of ether oxygens (including phenoxy) is 1. The molecule has 2 heterocycles. The van der Waals surface area contributed by atoms with E-state index >= 15 is 4.39 Å². The largest absolute Gasteiger partial charge is 0.492 e. The molecular formula is C21H23ClFN3O4. The molecule has 1 saturated heterocycles. The molecule has 0 atom stereocenters. The van der Waals surface area contributed by atoms with Crippen molar-refractivity contribution in [2.75, 3.05) is 31.6 Å². The van der Waals surface area contributed by atoms with Crippen LogP contribution in [0.3, 0.4) is 0 Å². The van der Waals surface area contributed by atoms with Gasteiger partial charge in [0.25, 0.3) is 0 Å². The Labute approximate surface area is 177 Å². The van der Waals surface area contributed by atoms with Gasteiger partial charge in [0.05, 0.1) is 18.0 Å². The first-order chi connectivity index (χ1) is 14.4. The normalized spacial score (nSPS) is 18.6. The molecule has 2 aliphatic rings. The molecule has 2 fully saturated rings. The minimum atomic E-state index is -1.33. The van der Waals surface area contributed by atoms with Crippen LogP contribution >= 0.6 is 11.6 Å². The summed E-state index contributed by atoms with van der Waals surface area (Å²) in [6.45, 7) is 1.23. The number of pyridine rings is 1. The predicted octanol–water partition coefficient (Wildman–Crippen LogP) is 3.23. The van der Waals surface area contributed by atoms with Crippen LogP contribution in [0.25, 0.3) is 10.9 Å². The fraction of sp³-hybridized carbons (Fsp3) is 0.429. The molecule has 2 aromatic rings. The van der Waals surface area contributed by atoms with Crippen molar-refractivity contribution < 1.29 is 19.0 Å². The smallest absolute Gasteiger partial charge is 0.341 e. The quantitative estimate of drug-likeness (QED) is 0.748. The third-order valence-corrected chi connectivity index (χ3v) is 6.16. The second-order valence-corrected chi connectivity index (χ2v) is 8.15. The van der Waals surface area contributed by atoms with Crippen LogP contribution in [0.15, 0.2) is 27.7 Å². The van der Waals surface area contributed by atoms with Crippen LogP contribution < -0.4 is 20.8 Å². The highest BCUT2D eigenvalue weighted by molar-refractivity contribution is 6.30. The molecule has 7 nitrogen and oxygen atoms in total. The van der Waals surface area contributed by atoms with Crippen LogP contribution in [0.1, 0.15) is 42.1 Å². The summed E-state index contributed by atoms with van der Waals surface area (Å²) < 4.78 is 22.7. The van der Waals surface area contributed by atoms with Crippen molar-refractivity contribution in [3.8, 4) is 5.75 Å². The highest BCUT2D eigenvalue weighted by atomic mass is 35.5. The number of carboxylic acid groups (broad SMARTS) is 1. The number of aromatic carboxylic acids is 1. The Morgan fingerprint density at radius 3 is 2.77 bits per heavy atom. The van der Waals surface area contributed by atoms with Crippen LogP contribution in [0, 0.1) is 5.82 Å². The molecule has 9 heteroatoms. The van der Waals surface area contributed by atoms with E-state index in [2.05, 4.69) is 0 Å². The molecule has 1 aromatic carbocycles. The van der Waals surface area contributed by atoms with E-state index in [4.69, 9.17) is 22.1 Å². The third kappa shape index (κ3) is 3.44. The fourth-order valence-electron chi connectivity index (χ4n) is 4.15. The highest BCUT2D eigenvalue weighted by Crippen LogP contribution is 2.44. The molecule has 1 aliphatic heterocycles. The topological polar surface area (TPSA) is 97.8 Å². The third-order valence-electron chi connectivity index (χ3n) is 5.74. The summed E-state index contributed by atoms with van der Waals surface area (Å²) in [5, 5.41) is 10.0. The molecule has 1 aromatic heterocycles. The summed E-state index contributed by atoms with van der Waals surface area (Å²) in [5.74, 6) is -1.73. The van der Waals surface area contributed by atoms with E-state index in [0.29, 0.717) is 23.6 Å². The van der Waals surface area contributed by atoms with Gasteiger partial charge >= 0.3 is 5.97 Å². The first kappa shape index (κ1) is 20.7. The number of rotatable bonds is 5. The Morgan fingerprint density at radius 2 is 2.17 bits per heavy atom. The van der Waals surface area contributed by atoms with Crippen molar-refractivity contribution in [2.45, 2.75) is 31.7 Å². The van der Waals surface area contributed by atoms with Gasteiger partial charge in [-0.1, -0.05) is 11.6 Å². The van der Waals surface area contributed by atoms with Gasteiger partial charge in [-0.3, -0.25) is 4.79 Å². The van der Waals surface area contributed by atoms with Gasteiger partial charge in [0.15, 0.2) is 11.6 Å². The summed E-state index contributed by atoms with van der Waals surface area (Å²) in [6, 6.07) is 1.19. The van der Waals surface area contributed by atoms with Crippen LogP contribution in [0.2, 0.25) is 0 Å². The van der Waals surface area contributed by atoms with Gasteiger partial charge in [0, 0.05) is 36.9 Å². The van der Waals surface area contributed by atoms with E-state index in [1.807, 2.05) is 4.90 Å². The molecule has 0 spiro atoms. The average molecular weight is 436 g/mol. The lowest BCUT2D eigenvalue weighted by Crippen LogP contribution is -2.33. The maximum Gasteiger partial charge on any atom is 0.341 e. The Bertz CT molecular complexity index is 1120. The molecular weight excluding hydrogens is 413 g/mol. The average Bonchev–Trinajstić information content (AvgIpc) is 3.58. The summed E-state index contributed by atoms with van der Waals surface area (Å²) in [4.78, 5) is 26.2. The Hall–Kier alpha value is -2.58. The molecule has 3 N–H and O–H groups in total. The van der Waals surface area contributed by atoms with Gasteiger partial charge in [0.1, 0.15) is 11.3 Å². The number of nitrogens with two attached hydrogens (primary N) is 1. The van der Waals surface area contributed by atoms with E-state index in [-0.39, 0.29) is 35.0 Å². The Balaban J connectivity index is 1.97. The highest BCUT2D eigenvalue weighted by Gasteiger charge is 2.32. The van der Waals surface area contributed by atoms with Gasteiger partial charge in [-0.05, 0) is 37.3 Å². The van der Waals surface area contributed by atoms with E-state index in [9.17, 15) is 14.7 Å². The number of halogens is 2. The first-order valence-electron chi connectivity index (χ1n) is 9.87. The van der Waals surface area contributed by atoms with Crippen molar-refractivity contribution in [3.05, 3.63) is 44.5 Å². The van der Waals surface area contributed by atoms with Crippen molar-refractivity contribution in [1.29, 1.82) is 0 Å². The number of methoxy groups -OCH3 is 1. The molecule has 0 radical (unpaired) electrons.